The Morgan fingerprint density at radius 3 is 2.69 bits per heavy atom. The number of aromatic nitrogens is 2. The van der Waals surface area contributed by atoms with Crippen molar-refractivity contribution in [1.29, 1.82) is 0 Å². The van der Waals surface area contributed by atoms with E-state index in [9.17, 15) is 0 Å². The van der Waals surface area contributed by atoms with Gasteiger partial charge in [-0.3, -0.25) is 0 Å². The molecule has 1 heterocycles. The van der Waals surface area contributed by atoms with E-state index < -0.39 is 0 Å². The lowest BCUT2D eigenvalue weighted by molar-refractivity contribution is 0.655. The molecule has 0 aliphatic carbocycles. The van der Waals surface area contributed by atoms with Crippen molar-refractivity contribution in [3.8, 4) is 0 Å². The summed E-state index contributed by atoms with van der Waals surface area (Å²) in [5.74, 6) is 0.604. The molecule has 0 amide bonds. The van der Waals surface area contributed by atoms with Crippen molar-refractivity contribution in [2.75, 3.05) is 5.33 Å². The minimum atomic E-state index is 0.604. The van der Waals surface area contributed by atoms with E-state index in [1.54, 1.807) is 0 Å². The maximum atomic E-state index is 3.97. The van der Waals surface area contributed by atoms with Gasteiger partial charge in [-0.15, -0.1) is 10.2 Å². The molecule has 0 saturated carbocycles. The third-order valence-corrected chi connectivity index (χ3v) is 3.78. The van der Waals surface area contributed by atoms with Gasteiger partial charge in [0.2, 0.25) is 0 Å². The Morgan fingerprint density at radius 2 is 2.08 bits per heavy atom. The molecule has 1 unspecified atom stereocenters. The molecule has 1 aromatic rings. The second-order valence-corrected chi connectivity index (χ2v) is 5.16. The van der Waals surface area contributed by atoms with Gasteiger partial charge in [0.15, 0.2) is 0 Å². The summed E-state index contributed by atoms with van der Waals surface area (Å²) < 4.78 is 1.62. The largest absolute Gasteiger partial charge is 0.142 e. The van der Waals surface area contributed by atoms with Crippen LogP contribution in [0, 0.1) is 5.92 Å². The number of halogens is 3. The van der Waals surface area contributed by atoms with Crippen LogP contribution in [0.4, 0.5) is 0 Å². The molecule has 1 atom stereocenters. The van der Waals surface area contributed by atoms with Crippen molar-refractivity contribution < 1.29 is 0 Å². The van der Waals surface area contributed by atoms with Crippen LogP contribution in [0.15, 0.2) is 15.3 Å². The van der Waals surface area contributed by atoms with E-state index in [1.165, 1.54) is 5.56 Å². The average molecular weight is 373 g/mol. The number of hydrogen-bond donors (Lipinski definition) is 0. The molecule has 0 spiro atoms. The Balaban J connectivity index is 2.81. The molecule has 0 N–H and O–H groups in total. The van der Waals surface area contributed by atoms with Crippen LogP contribution in [-0.2, 0) is 6.42 Å². The molecule has 0 aliphatic heterocycles. The first-order chi connectivity index (χ1) is 6.13. The summed E-state index contributed by atoms with van der Waals surface area (Å²) in [7, 11) is 0. The number of nitrogens with zero attached hydrogens (tertiary/aromatic N) is 2. The predicted octanol–water partition coefficient (Wildman–Crippen LogP) is 3.58. The zero-order valence-electron chi connectivity index (χ0n) is 7.10. The van der Waals surface area contributed by atoms with Crippen LogP contribution in [0.3, 0.4) is 0 Å². The second kappa shape index (κ2) is 5.41. The van der Waals surface area contributed by atoms with E-state index in [-0.39, 0.29) is 0 Å². The highest BCUT2D eigenvalue weighted by atomic mass is 79.9. The molecular weight excluding hydrogens is 364 g/mol. The van der Waals surface area contributed by atoms with Crippen LogP contribution in [0.5, 0.6) is 0 Å². The summed E-state index contributed by atoms with van der Waals surface area (Å²) in [6, 6.07) is 2.00. The molecule has 0 fully saturated rings. The highest BCUT2D eigenvalue weighted by molar-refractivity contribution is 9.11. The van der Waals surface area contributed by atoms with Gasteiger partial charge in [0.05, 0.1) is 0 Å². The van der Waals surface area contributed by atoms with Crippen molar-refractivity contribution >= 4 is 47.8 Å². The Morgan fingerprint density at radius 1 is 1.38 bits per heavy atom. The molecule has 13 heavy (non-hydrogen) atoms. The zero-order valence-corrected chi connectivity index (χ0v) is 11.9. The minimum absolute atomic E-state index is 0.604. The monoisotopic (exact) mass is 370 g/mol. The Bertz CT molecular complexity index is 291. The van der Waals surface area contributed by atoms with Crippen LogP contribution in [0.2, 0.25) is 0 Å². The molecule has 0 bridgehead atoms. The van der Waals surface area contributed by atoms with Crippen LogP contribution in [0.25, 0.3) is 0 Å². The van der Waals surface area contributed by atoms with E-state index in [2.05, 4.69) is 64.9 Å². The quantitative estimate of drug-likeness (QED) is 0.758. The molecule has 0 aromatic carbocycles. The topological polar surface area (TPSA) is 25.8 Å². The van der Waals surface area contributed by atoms with Crippen LogP contribution >= 0.6 is 47.8 Å². The molecule has 72 valence electrons. The standard InChI is InChI=1S/C8H9Br3N2/c1-5(4-9)2-6-3-7(10)12-13-8(6)11/h3,5H,2,4H2,1H3. The first-order valence-electron chi connectivity index (χ1n) is 3.87. The van der Waals surface area contributed by atoms with Gasteiger partial charge in [0.1, 0.15) is 9.21 Å². The van der Waals surface area contributed by atoms with Gasteiger partial charge >= 0.3 is 0 Å². The van der Waals surface area contributed by atoms with Gasteiger partial charge in [0, 0.05) is 5.33 Å². The summed E-state index contributed by atoms with van der Waals surface area (Å²) in [6.45, 7) is 2.19. The van der Waals surface area contributed by atoms with E-state index in [0.29, 0.717) is 5.92 Å². The fourth-order valence-electron chi connectivity index (χ4n) is 0.961. The predicted molar refractivity (Wildman–Crippen MR) is 64.1 cm³/mol. The smallest absolute Gasteiger partial charge is 0.132 e. The van der Waals surface area contributed by atoms with Gasteiger partial charge in [-0.2, -0.15) is 0 Å². The minimum Gasteiger partial charge on any atom is -0.142 e. The fourth-order valence-corrected chi connectivity index (χ4v) is 1.90. The van der Waals surface area contributed by atoms with Gasteiger partial charge in [0.25, 0.3) is 0 Å². The summed E-state index contributed by atoms with van der Waals surface area (Å²) in [5, 5.41) is 8.85. The van der Waals surface area contributed by atoms with E-state index in [1.807, 2.05) is 6.07 Å². The fraction of sp³-hybridized carbons (Fsp3) is 0.500. The summed E-state index contributed by atoms with van der Waals surface area (Å²) >= 11 is 10.1. The number of hydrogen-bond acceptors (Lipinski definition) is 2. The normalized spacial score (nSPS) is 12.9. The molecule has 1 aromatic heterocycles. The first-order valence-corrected chi connectivity index (χ1v) is 6.57. The molecule has 0 saturated heterocycles. The van der Waals surface area contributed by atoms with Gasteiger partial charge in [-0.1, -0.05) is 22.9 Å². The maximum absolute atomic E-state index is 3.97. The van der Waals surface area contributed by atoms with E-state index in [4.69, 9.17) is 0 Å². The molecule has 0 radical (unpaired) electrons. The summed E-state index contributed by atoms with van der Waals surface area (Å²) in [4.78, 5) is 0. The number of alkyl halides is 1. The van der Waals surface area contributed by atoms with Crippen molar-refractivity contribution in [3.05, 3.63) is 20.8 Å². The van der Waals surface area contributed by atoms with Gasteiger partial charge in [-0.05, 0) is 55.8 Å². The SMILES string of the molecule is CC(CBr)Cc1cc(Br)nnc1Br. The Hall–Kier alpha value is 0.520. The lowest BCUT2D eigenvalue weighted by Crippen LogP contribution is -2.03. The van der Waals surface area contributed by atoms with E-state index >= 15 is 0 Å². The summed E-state index contributed by atoms with van der Waals surface area (Å²) in [5.41, 5.74) is 1.19. The maximum Gasteiger partial charge on any atom is 0.132 e. The van der Waals surface area contributed by atoms with Crippen molar-refractivity contribution in [2.45, 2.75) is 13.3 Å². The van der Waals surface area contributed by atoms with Crippen LogP contribution in [0.1, 0.15) is 12.5 Å². The molecular formula is C8H9Br3N2. The third kappa shape index (κ3) is 3.64. The molecule has 2 nitrogen and oxygen atoms in total. The van der Waals surface area contributed by atoms with Crippen molar-refractivity contribution in [3.63, 3.8) is 0 Å². The highest BCUT2D eigenvalue weighted by Gasteiger charge is 2.07. The van der Waals surface area contributed by atoms with E-state index in [0.717, 1.165) is 21.0 Å². The summed E-state index contributed by atoms with van der Waals surface area (Å²) in [6.07, 6.45) is 1.000. The van der Waals surface area contributed by atoms with Crippen LogP contribution in [-0.4, -0.2) is 15.5 Å². The molecule has 5 heteroatoms. The highest BCUT2D eigenvalue weighted by Crippen LogP contribution is 2.20. The molecule has 1 rings (SSSR count). The van der Waals surface area contributed by atoms with Crippen molar-refractivity contribution in [1.82, 2.24) is 10.2 Å². The zero-order chi connectivity index (χ0) is 9.84. The van der Waals surface area contributed by atoms with Crippen LogP contribution < -0.4 is 0 Å². The Kier molecular flexibility index (Phi) is 4.83. The van der Waals surface area contributed by atoms with Crippen molar-refractivity contribution in [2.24, 2.45) is 5.92 Å². The second-order valence-electron chi connectivity index (χ2n) is 2.95. The van der Waals surface area contributed by atoms with Gasteiger partial charge in [-0.25, -0.2) is 0 Å². The average Bonchev–Trinajstić information content (AvgIpc) is 2.11. The number of rotatable bonds is 3. The van der Waals surface area contributed by atoms with Gasteiger partial charge < -0.3 is 0 Å². The first kappa shape index (κ1) is 11.6. The lowest BCUT2D eigenvalue weighted by atomic mass is 10.1. The Labute approximate surface area is 103 Å². The molecule has 0 aliphatic rings. The lowest BCUT2D eigenvalue weighted by Gasteiger charge is -2.08. The third-order valence-electron chi connectivity index (χ3n) is 1.62.